The maximum absolute atomic E-state index is 10.7. The largest absolute Gasteiger partial charge is 0.506 e. The molecule has 6 heteroatoms. The van der Waals surface area contributed by atoms with Crippen molar-refractivity contribution in [2.75, 3.05) is 5.32 Å². The van der Waals surface area contributed by atoms with E-state index in [0.717, 1.165) is 11.3 Å². The third-order valence-corrected chi connectivity index (χ3v) is 2.70. The molecule has 2 rings (SSSR count). The zero-order chi connectivity index (χ0) is 13.8. The summed E-state index contributed by atoms with van der Waals surface area (Å²) in [7, 11) is 0. The Hall–Kier alpha value is -2.63. The number of anilines is 1. The number of rotatable bonds is 4. The van der Waals surface area contributed by atoms with Gasteiger partial charge in [-0.25, -0.2) is 0 Å². The predicted octanol–water partition coefficient (Wildman–Crippen LogP) is 2.62. The fourth-order valence-electron chi connectivity index (χ4n) is 1.62. The molecular weight excluding hydrogens is 246 g/mol. The van der Waals surface area contributed by atoms with Crippen molar-refractivity contribution in [1.29, 1.82) is 0 Å². The number of aryl methyl sites for hydroxylation is 1. The monoisotopic (exact) mass is 259 g/mol. The molecule has 0 unspecified atom stereocenters. The molecule has 0 saturated heterocycles. The highest BCUT2D eigenvalue weighted by Gasteiger charge is 2.08. The molecule has 0 aliphatic carbocycles. The summed E-state index contributed by atoms with van der Waals surface area (Å²) in [4.78, 5) is 14.3. The zero-order valence-corrected chi connectivity index (χ0v) is 10.3. The first-order valence-corrected chi connectivity index (χ1v) is 5.69. The van der Waals surface area contributed by atoms with Crippen molar-refractivity contribution in [2.45, 2.75) is 13.5 Å². The van der Waals surface area contributed by atoms with Crippen LogP contribution in [0.25, 0.3) is 0 Å². The lowest BCUT2D eigenvalue weighted by atomic mass is 10.2. The highest BCUT2D eigenvalue weighted by molar-refractivity contribution is 5.56. The van der Waals surface area contributed by atoms with Gasteiger partial charge in [-0.3, -0.25) is 15.1 Å². The van der Waals surface area contributed by atoms with Crippen molar-refractivity contribution in [3.63, 3.8) is 0 Å². The van der Waals surface area contributed by atoms with E-state index >= 15 is 0 Å². The van der Waals surface area contributed by atoms with Crippen LogP contribution in [0.15, 0.2) is 36.5 Å². The van der Waals surface area contributed by atoms with Gasteiger partial charge in [0, 0.05) is 17.8 Å². The van der Waals surface area contributed by atoms with E-state index < -0.39 is 4.92 Å². The van der Waals surface area contributed by atoms with Gasteiger partial charge < -0.3 is 10.4 Å². The molecule has 0 amide bonds. The van der Waals surface area contributed by atoms with Crippen LogP contribution < -0.4 is 5.32 Å². The summed E-state index contributed by atoms with van der Waals surface area (Å²) in [5, 5.41) is 22.9. The molecule has 98 valence electrons. The lowest BCUT2D eigenvalue weighted by Gasteiger charge is -2.09. The molecule has 1 heterocycles. The van der Waals surface area contributed by atoms with Crippen LogP contribution in [0.4, 0.5) is 11.4 Å². The van der Waals surface area contributed by atoms with Crippen molar-refractivity contribution in [1.82, 2.24) is 4.98 Å². The molecule has 0 radical (unpaired) electrons. The van der Waals surface area contributed by atoms with E-state index in [-0.39, 0.29) is 11.4 Å². The van der Waals surface area contributed by atoms with Crippen molar-refractivity contribution in [3.8, 4) is 5.75 Å². The van der Waals surface area contributed by atoms with Gasteiger partial charge in [0.1, 0.15) is 5.75 Å². The minimum Gasteiger partial charge on any atom is -0.506 e. The fraction of sp³-hybridized carbons (Fsp3) is 0.154. The van der Waals surface area contributed by atoms with Crippen LogP contribution in [0, 0.1) is 17.0 Å². The third kappa shape index (κ3) is 3.19. The minimum atomic E-state index is -0.427. The van der Waals surface area contributed by atoms with E-state index in [1.165, 1.54) is 18.3 Å². The molecule has 6 nitrogen and oxygen atoms in total. The summed E-state index contributed by atoms with van der Waals surface area (Å²) >= 11 is 0. The average Bonchev–Trinajstić information content (AvgIpc) is 2.39. The topological polar surface area (TPSA) is 88.3 Å². The number of hydrogen-bond donors (Lipinski definition) is 2. The molecule has 0 aliphatic heterocycles. The Morgan fingerprint density at radius 2 is 2.16 bits per heavy atom. The van der Waals surface area contributed by atoms with E-state index in [1.807, 2.05) is 6.92 Å². The number of benzene rings is 1. The standard InChI is InChI=1S/C13H13N3O3/c1-9-2-4-11(16(18)19)6-13(9)15-7-10-3-5-12(17)8-14-10/h2-6,8,15,17H,7H2,1H3. The molecule has 0 fully saturated rings. The Morgan fingerprint density at radius 3 is 2.79 bits per heavy atom. The number of pyridine rings is 1. The maximum Gasteiger partial charge on any atom is 0.271 e. The van der Waals surface area contributed by atoms with Crippen molar-refractivity contribution in [2.24, 2.45) is 0 Å². The number of nitro benzene ring substituents is 1. The van der Waals surface area contributed by atoms with E-state index in [4.69, 9.17) is 5.11 Å². The molecule has 2 N–H and O–H groups in total. The Bertz CT molecular complexity index is 597. The van der Waals surface area contributed by atoms with E-state index in [9.17, 15) is 10.1 Å². The number of hydrogen-bond acceptors (Lipinski definition) is 5. The van der Waals surface area contributed by atoms with Crippen LogP contribution in [0.1, 0.15) is 11.3 Å². The molecule has 0 bridgehead atoms. The summed E-state index contributed by atoms with van der Waals surface area (Å²) < 4.78 is 0. The number of nitrogens with one attached hydrogen (secondary N) is 1. The molecule has 1 aromatic carbocycles. The lowest BCUT2D eigenvalue weighted by molar-refractivity contribution is -0.384. The highest BCUT2D eigenvalue weighted by Crippen LogP contribution is 2.22. The number of nitrogens with zero attached hydrogens (tertiary/aromatic N) is 2. The van der Waals surface area contributed by atoms with Crippen LogP contribution in [0.5, 0.6) is 5.75 Å². The molecule has 0 saturated carbocycles. The van der Waals surface area contributed by atoms with Gasteiger partial charge in [-0.15, -0.1) is 0 Å². The quantitative estimate of drug-likeness (QED) is 0.650. The molecule has 2 aromatic rings. The number of aromatic hydroxyl groups is 1. The minimum absolute atomic E-state index is 0.0479. The summed E-state index contributed by atoms with van der Waals surface area (Å²) in [5.74, 6) is 0.107. The van der Waals surface area contributed by atoms with Crippen molar-refractivity contribution < 1.29 is 10.0 Å². The van der Waals surface area contributed by atoms with Gasteiger partial charge in [0.25, 0.3) is 5.69 Å². The van der Waals surface area contributed by atoms with E-state index in [1.54, 1.807) is 18.2 Å². The Labute approximate surface area is 109 Å². The smallest absolute Gasteiger partial charge is 0.271 e. The van der Waals surface area contributed by atoms with Gasteiger partial charge >= 0.3 is 0 Å². The Kier molecular flexibility index (Phi) is 3.61. The lowest BCUT2D eigenvalue weighted by Crippen LogP contribution is -2.03. The predicted molar refractivity (Wildman–Crippen MR) is 71.1 cm³/mol. The van der Waals surface area contributed by atoms with Gasteiger partial charge in [-0.05, 0) is 24.6 Å². The average molecular weight is 259 g/mol. The normalized spacial score (nSPS) is 10.2. The SMILES string of the molecule is Cc1ccc([N+](=O)[O-])cc1NCc1ccc(O)cn1. The van der Waals surface area contributed by atoms with Gasteiger partial charge in [0.15, 0.2) is 0 Å². The molecule has 0 aliphatic rings. The summed E-state index contributed by atoms with van der Waals surface area (Å²) in [5.41, 5.74) is 2.41. The molecule has 0 spiro atoms. The second-order valence-corrected chi connectivity index (χ2v) is 4.12. The first-order chi connectivity index (χ1) is 9.06. The van der Waals surface area contributed by atoms with Gasteiger partial charge in [0.05, 0.1) is 23.4 Å². The molecular formula is C13H13N3O3. The van der Waals surface area contributed by atoms with Crippen LogP contribution >= 0.6 is 0 Å². The second kappa shape index (κ2) is 5.34. The fourth-order valence-corrected chi connectivity index (χ4v) is 1.62. The van der Waals surface area contributed by atoms with Crippen LogP contribution in [0.3, 0.4) is 0 Å². The summed E-state index contributed by atoms with van der Waals surface area (Å²) in [6, 6.07) is 7.90. The summed E-state index contributed by atoms with van der Waals surface area (Å²) in [6.45, 7) is 2.30. The second-order valence-electron chi connectivity index (χ2n) is 4.12. The first-order valence-electron chi connectivity index (χ1n) is 5.69. The first kappa shape index (κ1) is 12.8. The van der Waals surface area contributed by atoms with Crippen LogP contribution in [-0.4, -0.2) is 15.0 Å². The zero-order valence-electron chi connectivity index (χ0n) is 10.3. The Balaban J connectivity index is 2.12. The molecule has 0 atom stereocenters. The third-order valence-electron chi connectivity index (χ3n) is 2.70. The van der Waals surface area contributed by atoms with E-state index in [0.29, 0.717) is 12.2 Å². The van der Waals surface area contributed by atoms with Crippen LogP contribution in [0.2, 0.25) is 0 Å². The Morgan fingerprint density at radius 1 is 1.37 bits per heavy atom. The maximum atomic E-state index is 10.7. The van der Waals surface area contributed by atoms with Crippen molar-refractivity contribution >= 4 is 11.4 Å². The number of nitro groups is 1. The molecule has 1 aromatic heterocycles. The van der Waals surface area contributed by atoms with E-state index in [2.05, 4.69) is 10.3 Å². The number of aromatic nitrogens is 1. The van der Waals surface area contributed by atoms with Gasteiger partial charge in [-0.1, -0.05) is 6.07 Å². The number of non-ortho nitro benzene ring substituents is 1. The molecule has 19 heavy (non-hydrogen) atoms. The summed E-state index contributed by atoms with van der Waals surface area (Å²) in [6.07, 6.45) is 1.36. The highest BCUT2D eigenvalue weighted by atomic mass is 16.6. The van der Waals surface area contributed by atoms with Crippen molar-refractivity contribution in [3.05, 3.63) is 57.9 Å². The van der Waals surface area contributed by atoms with Crippen LogP contribution in [-0.2, 0) is 6.54 Å². The van der Waals surface area contributed by atoms with Gasteiger partial charge in [-0.2, -0.15) is 0 Å². The van der Waals surface area contributed by atoms with Gasteiger partial charge in [0.2, 0.25) is 0 Å².